The maximum atomic E-state index is 11.5. The Balaban J connectivity index is 2.50. The van der Waals surface area contributed by atoms with E-state index in [9.17, 15) is 9.59 Å². The van der Waals surface area contributed by atoms with Crippen LogP contribution in [-0.4, -0.2) is 9.13 Å². The molecule has 0 amide bonds. The molecule has 14 heavy (non-hydrogen) atoms. The van der Waals surface area contributed by atoms with Gasteiger partial charge in [-0.25, -0.2) is 0 Å². The number of aromatic nitrogens is 2. The van der Waals surface area contributed by atoms with Gasteiger partial charge in [0.05, 0.1) is 0 Å². The smallest absolute Gasteiger partial charge is 0.306 e. The zero-order valence-corrected chi connectivity index (χ0v) is 7.85. The summed E-state index contributed by atoms with van der Waals surface area (Å²) in [6.45, 7) is 3.92. The lowest BCUT2D eigenvalue weighted by Gasteiger charge is -2.05. The van der Waals surface area contributed by atoms with Gasteiger partial charge in [-0.3, -0.25) is 9.59 Å². The van der Waals surface area contributed by atoms with E-state index < -0.39 is 11.1 Å². The van der Waals surface area contributed by atoms with Crippen molar-refractivity contribution in [3.05, 3.63) is 45.8 Å². The summed E-state index contributed by atoms with van der Waals surface area (Å²) in [5.74, 6) is 0. The van der Waals surface area contributed by atoms with Crippen molar-refractivity contribution in [1.29, 1.82) is 0 Å². The van der Waals surface area contributed by atoms with Crippen LogP contribution in [0.25, 0.3) is 0 Å². The van der Waals surface area contributed by atoms with E-state index >= 15 is 0 Å². The third-order valence-corrected chi connectivity index (χ3v) is 2.35. The third-order valence-electron chi connectivity index (χ3n) is 2.35. The summed E-state index contributed by atoms with van der Waals surface area (Å²) < 4.78 is 2.90. The predicted octanol–water partition coefficient (Wildman–Crippen LogP) is 0.531. The number of nitrogens with zero attached hydrogens (tertiary/aromatic N) is 2. The second-order valence-electron chi connectivity index (χ2n) is 3.49. The van der Waals surface area contributed by atoms with E-state index in [2.05, 4.69) is 6.58 Å². The van der Waals surface area contributed by atoms with Gasteiger partial charge in [0.1, 0.15) is 0 Å². The molecular weight excluding hydrogens is 180 g/mol. The maximum Gasteiger partial charge on any atom is 0.316 e. The first-order valence-electron chi connectivity index (χ1n) is 4.66. The molecule has 1 aliphatic carbocycles. The molecule has 0 aromatic carbocycles. The summed E-state index contributed by atoms with van der Waals surface area (Å²) in [6, 6.07) is 0.258. The average Bonchev–Trinajstić information content (AvgIpc) is 2.97. The normalized spacial score (nSPS) is 15.4. The highest BCUT2D eigenvalue weighted by Crippen LogP contribution is 2.32. The van der Waals surface area contributed by atoms with Gasteiger partial charge in [0, 0.05) is 25.0 Å². The summed E-state index contributed by atoms with van der Waals surface area (Å²) in [5, 5.41) is 0. The Morgan fingerprint density at radius 1 is 1.36 bits per heavy atom. The fraction of sp³-hybridized carbons (Fsp3) is 0.400. The second-order valence-corrected chi connectivity index (χ2v) is 3.49. The number of allylic oxidation sites excluding steroid dienone is 1. The molecule has 74 valence electrons. The summed E-state index contributed by atoms with van der Waals surface area (Å²) >= 11 is 0. The van der Waals surface area contributed by atoms with Crippen molar-refractivity contribution in [2.45, 2.75) is 25.4 Å². The van der Waals surface area contributed by atoms with Crippen molar-refractivity contribution >= 4 is 0 Å². The third kappa shape index (κ3) is 1.43. The molecule has 4 heteroatoms. The second kappa shape index (κ2) is 3.29. The van der Waals surface area contributed by atoms with Crippen LogP contribution in [0.3, 0.4) is 0 Å². The van der Waals surface area contributed by atoms with Crippen molar-refractivity contribution in [3.8, 4) is 0 Å². The van der Waals surface area contributed by atoms with Gasteiger partial charge in [0.2, 0.25) is 0 Å². The van der Waals surface area contributed by atoms with E-state index in [1.165, 1.54) is 9.13 Å². The molecule has 0 spiro atoms. The van der Waals surface area contributed by atoms with Crippen molar-refractivity contribution < 1.29 is 0 Å². The molecule has 1 aromatic heterocycles. The quantitative estimate of drug-likeness (QED) is 0.518. The Morgan fingerprint density at radius 3 is 2.64 bits per heavy atom. The van der Waals surface area contributed by atoms with E-state index in [4.69, 9.17) is 0 Å². The van der Waals surface area contributed by atoms with Gasteiger partial charge in [-0.2, -0.15) is 0 Å². The highest BCUT2D eigenvalue weighted by Gasteiger charge is 2.25. The van der Waals surface area contributed by atoms with Crippen LogP contribution in [0.15, 0.2) is 34.6 Å². The molecule has 0 saturated heterocycles. The number of rotatable bonds is 3. The first-order chi connectivity index (χ1) is 6.74. The van der Waals surface area contributed by atoms with Crippen molar-refractivity contribution in [3.63, 3.8) is 0 Å². The minimum atomic E-state index is -0.459. The minimum Gasteiger partial charge on any atom is -0.306 e. The maximum absolute atomic E-state index is 11.5. The van der Waals surface area contributed by atoms with Crippen LogP contribution in [0.1, 0.15) is 18.9 Å². The molecule has 1 aliphatic rings. The number of hydrogen-bond donors (Lipinski definition) is 0. The molecule has 0 radical (unpaired) electrons. The summed E-state index contributed by atoms with van der Waals surface area (Å²) in [5.41, 5.74) is -0.879. The van der Waals surface area contributed by atoms with Crippen molar-refractivity contribution in [2.75, 3.05) is 0 Å². The van der Waals surface area contributed by atoms with Crippen molar-refractivity contribution in [2.24, 2.45) is 0 Å². The highest BCUT2D eigenvalue weighted by molar-refractivity contribution is 4.94. The van der Waals surface area contributed by atoms with Crippen LogP contribution in [0.5, 0.6) is 0 Å². The molecule has 0 unspecified atom stereocenters. The van der Waals surface area contributed by atoms with Gasteiger partial charge < -0.3 is 9.13 Å². The molecule has 4 nitrogen and oxygen atoms in total. The minimum absolute atomic E-state index is 0.258. The van der Waals surface area contributed by atoms with E-state index in [1.807, 2.05) is 0 Å². The van der Waals surface area contributed by atoms with Gasteiger partial charge >= 0.3 is 11.1 Å². The van der Waals surface area contributed by atoms with Gasteiger partial charge in [0.15, 0.2) is 0 Å². The zero-order chi connectivity index (χ0) is 10.1. The summed E-state index contributed by atoms with van der Waals surface area (Å²) in [6.07, 6.45) is 6.94. The standard InChI is InChI=1S/C10H12N2O2/c1-2-5-11-6-7-12(8-3-4-8)10(14)9(11)13/h2,6-8H,1,3-5H2. The molecule has 1 fully saturated rings. The molecule has 1 aromatic rings. The number of hydrogen-bond acceptors (Lipinski definition) is 2. The fourth-order valence-corrected chi connectivity index (χ4v) is 1.44. The van der Waals surface area contributed by atoms with Gasteiger partial charge in [-0.15, -0.1) is 6.58 Å². The predicted molar refractivity (Wildman–Crippen MR) is 53.4 cm³/mol. The van der Waals surface area contributed by atoms with Crippen LogP contribution < -0.4 is 11.1 Å². The van der Waals surface area contributed by atoms with Gasteiger partial charge in [0.25, 0.3) is 0 Å². The van der Waals surface area contributed by atoms with E-state index in [0.29, 0.717) is 6.54 Å². The monoisotopic (exact) mass is 192 g/mol. The molecular formula is C10H12N2O2. The fourth-order valence-electron chi connectivity index (χ4n) is 1.44. The zero-order valence-electron chi connectivity index (χ0n) is 7.85. The van der Waals surface area contributed by atoms with E-state index in [-0.39, 0.29) is 6.04 Å². The molecule has 0 N–H and O–H groups in total. The van der Waals surface area contributed by atoms with Crippen LogP contribution >= 0.6 is 0 Å². The van der Waals surface area contributed by atoms with Crippen LogP contribution in [0.2, 0.25) is 0 Å². The van der Waals surface area contributed by atoms with Gasteiger partial charge in [-0.1, -0.05) is 6.08 Å². The molecule has 0 atom stereocenters. The molecule has 0 aliphatic heterocycles. The first-order valence-corrected chi connectivity index (χ1v) is 4.66. The molecule has 1 saturated carbocycles. The Bertz CT molecular complexity index is 466. The summed E-state index contributed by atoms with van der Waals surface area (Å²) in [4.78, 5) is 23.0. The molecule has 0 bridgehead atoms. The van der Waals surface area contributed by atoms with Crippen molar-refractivity contribution in [1.82, 2.24) is 9.13 Å². The van der Waals surface area contributed by atoms with Crippen LogP contribution in [0.4, 0.5) is 0 Å². The Labute approximate surface area is 81.1 Å². The lowest BCUT2D eigenvalue weighted by Crippen LogP contribution is -2.40. The highest BCUT2D eigenvalue weighted by atomic mass is 16.2. The van der Waals surface area contributed by atoms with E-state index in [1.54, 1.807) is 18.5 Å². The SMILES string of the molecule is C=CCn1ccn(C2CC2)c(=O)c1=O. The Kier molecular flexibility index (Phi) is 2.11. The largest absolute Gasteiger partial charge is 0.316 e. The topological polar surface area (TPSA) is 44.0 Å². The molecule has 2 rings (SSSR count). The van der Waals surface area contributed by atoms with Crippen LogP contribution in [0, 0.1) is 0 Å². The summed E-state index contributed by atoms with van der Waals surface area (Å²) in [7, 11) is 0. The lowest BCUT2D eigenvalue weighted by molar-refractivity contribution is 0.645. The average molecular weight is 192 g/mol. The Morgan fingerprint density at radius 2 is 2.07 bits per heavy atom. The Hall–Kier alpha value is -1.58. The van der Waals surface area contributed by atoms with Gasteiger partial charge in [-0.05, 0) is 12.8 Å². The lowest BCUT2D eigenvalue weighted by atomic mass is 10.5. The van der Waals surface area contributed by atoms with Crippen LogP contribution in [-0.2, 0) is 6.54 Å². The first kappa shape index (κ1) is 8.99. The van der Waals surface area contributed by atoms with E-state index in [0.717, 1.165) is 12.8 Å². The molecule has 1 heterocycles.